The van der Waals surface area contributed by atoms with Gasteiger partial charge in [0.15, 0.2) is 0 Å². The van der Waals surface area contributed by atoms with Gasteiger partial charge in [-0.05, 0) is 49.8 Å². The molecule has 1 fully saturated rings. The van der Waals surface area contributed by atoms with Gasteiger partial charge in [0, 0.05) is 5.69 Å². The normalized spacial score (nSPS) is 28.1. The third-order valence-corrected chi connectivity index (χ3v) is 3.93. The highest BCUT2D eigenvalue weighted by Gasteiger charge is 2.34. The number of benzene rings is 1. The molecule has 2 rings (SSSR count). The quantitative estimate of drug-likeness (QED) is 0.725. The Kier molecular flexibility index (Phi) is 3.76. The van der Waals surface area contributed by atoms with Crippen LogP contribution in [0.3, 0.4) is 0 Å². The zero-order valence-electron chi connectivity index (χ0n) is 10.7. The minimum Gasteiger partial charge on any atom is -0.399 e. The third kappa shape index (κ3) is 2.75. The third-order valence-electron chi connectivity index (χ3n) is 3.93. The van der Waals surface area contributed by atoms with E-state index in [4.69, 9.17) is 5.73 Å². The molecule has 0 spiro atoms. The molecule has 1 aromatic rings. The summed E-state index contributed by atoms with van der Waals surface area (Å²) in [5.74, 6) is 0.323. The van der Waals surface area contributed by atoms with Gasteiger partial charge in [-0.3, -0.25) is 0 Å². The maximum atomic E-state index is 13.8. The molecule has 0 bridgehead atoms. The van der Waals surface area contributed by atoms with Crippen LogP contribution >= 0.6 is 0 Å². The minimum absolute atomic E-state index is 0.0313. The molecule has 0 saturated heterocycles. The minimum atomic E-state index is -0.385. The average molecular weight is 252 g/mol. The number of nitrogens with two attached hydrogens (primary N) is 1. The molecule has 18 heavy (non-hydrogen) atoms. The van der Waals surface area contributed by atoms with Crippen molar-refractivity contribution >= 4 is 11.4 Å². The maximum absolute atomic E-state index is 13.8. The SMILES string of the molecule is CC1CCC(CO)(Nc2ccc(N)cc2F)CC1. The van der Waals surface area contributed by atoms with E-state index in [0.717, 1.165) is 25.7 Å². The van der Waals surface area contributed by atoms with Gasteiger partial charge < -0.3 is 16.2 Å². The second-order valence-electron chi connectivity index (χ2n) is 5.49. The van der Waals surface area contributed by atoms with E-state index in [9.17, 15) is 9.50 Å². The summed E-state index contributed by atoms with van der Waals surface area (Å²) in [7, 11) is 0. The number of halogens is 1. The number of rotatable bonds is 3. The van der Waals surface area contributed by atoms with E-state index >= 15 is 0 Å². The summed E-state index contributed by atoms with van der Waals surface area (Å²) < 4.78 is 13.8. The number of hydrogen-bond acceptors (Lipinski definition) is 3. The highest BCUT2D eigenvalue weighted by Crippen LogP contribution is 2.35. The highest BCUT2D eigenvalue weighted by molar-refractivity contribution is 5.54. The lowest BCUT2D eigenvalue weighted by atomic mass is 9.77. The van der Waals surface area contributed by atoms with Crippen molar-refractivity contribution in [1.29, 1.82) is 0 Å². The molecule has 4 heteroatoms. The van der Waals surface area contributed by atoms with Crippen LogP contribution in [-0.4, -0.2) is 17.3 Å². The Labute approximate surface area is 107 Å². The van der Waals surface area contributed by atoms with Crippen molar-refractivity contribution in [2.75, 3.05) is 17.7 Å². The lowest BCUT2D eigenvalue weighted by Gasteiger charge is -2.39. The van der Waals surface area contributed by atoms with Crippen LogP contribution < -0.4 is 11.1 Å². The van der Waals surface area contributed by atoms with Crippen molar-refractivity contribution < 1.29 is 9.50 Å². The van der Waals surface area contributed by atoms with Crippen LogP contribution in [0.4, 0.5) is 15.8 Å². The second-order valence-corrected chi connectivity index (χ2v) is 5.49. The van der Waals surface area contributed by atoms with Gasteiger partial charge in [0.25, 0.3) is 0 Å². The van der Waals surface area contributed by atoms with Gasteiger partial charge in [0.1, 0.15) is 5.82 Å². The molecule has 0 unspecified atom stereocenters. The van der Waals surface area contributed by atoms with Crippen LogP contribution in [0.25, 0.3) is 0 Å². The molecule has 0 amide bonds. The fourth-order valence-corrected chi connectivity index (χ4v) is 2.56. The molecule has 0 aromatic heterocycles. The second kappa shape index (κ2) is 5.14. The predicted molar refractivity (Wildman–Crippen MR) is 71.9 cm³/mol. The zero-order valence-corrected chi connectivity index (χ0v) is 10.7. The topological polar surface area (TPSA) is 58.3 Å². The Morgan fingerprint density at radius 1 is 1.44 bits per heavy atom. The summed E-state index contributed by atoms with van der Waals surface area (Å²) in [6.07, 6.45) is 3.86. The lowest BCUT2D eigenvalue weighted by Crippen LogP contribution is -2.45. The summed E-state index contributed by atoms with van der Waals surface area (Å²) >= 11 is 0. The number of aliphatic hydroxyl groups is 1. The molecule has 100 valence electrons. The molecule has 1 aliphatic rings. The Balaban J connectivity index is 2.15. The maximum Gasteiger partial charge on any atom is 0.148 e. The van der Waals surface area contributed by atoms with Gasteiger partial charge in [0.2, 0.25) is 0 Å². The van der Waals surface area contributed by atoms with E-state index in [0.29, 0.717) is 17.3 Å². The highest BCUT2D eigenvalue weighted by atomic mass is 19.1. The van der Waals surface area contributed by atoms with Crippen molar-refractivity contribution in [3.63, 3.8) is 0 Å². The van der Waals surface area contributed by atoms with Crippen molar-refractivity contribution in [2.45, 2.75) is 38.1 Å². The fraction of sp³-hybridized carbons (Fsp3) is 0.571. The van der Waals surface area contributed by atoms with Crippen LogP contribution in [0.5, 0.6) is 0 Å². The van der Waals surface area contributed by atoms with Gasteiger partial charge in [-0.2, -0.15) is 0 Å². The number of nitrogen functional groups attached to an aromatic ring is 1. The van der Waals surface area contributed by atoms with Gasteiger partial charge in [0.05, 0.1) is 17.8 Å². The first-order valence-electron chi connectivity index (χ1n) is 6.49. The molecule has 3 nitrogen and oxygen atoms in total. The molecular weight excluding hydrogens is 231 g/mol. The van der Waals surface area contributed by atoms with Crippen LogP contribution in [0.15, 0.2) is 18.2 Å². The van der Waals surface area contributed by atoms with Crippen LogP contribution in [0, 0.1) is 11.7 Å². The summed E-state index contributed by atoms with van der Waals surface area (Å²) in [4.78, 5) is 0. The van der Waals surface area contributed by atoms with Gasteiger partial charge in [-0.25, -0.2) is 4.39 Å². The summed E-state index contributed by atoms with van der Waals surface area (Å²) in [6, 6.07) is 4.61. The molecule has 1 aromatic carbocycles. The average Bonchev–Trinajstić information content (AvgIpc) is 2.36. The van der Waals surface area contributed by atoms with Gasteiger partial charge in [-0.15, -0.1) is 0 Å². The Bertz CT molecular complexity index is 414. The summed E-state index contributed by atoms with van der Waals surface area (Å²) in [5, 5.41) is 12.8. The standard InChI is InChI=1S/C14H21FN2O/c1-10-4-6-14(9-18,7-5-10)17-13-3-2-11(16)8-12(13)15/h2-3,8,10,17-18H,4-7,9,16H2,1H3. The zero-order chi connectivity index (χ0) is 13.2. The van der Waals surface area contributed by atoms with Crippen LogP contribution in [0.2, 0.25) is 0 Å². The van der Waals surface area contributed by atoms with E-state index in [1.54, 1.807) is 12.1 Å². The van der Waals surface area contributed by atoms with E-state index in [1.807, 2.05) is 0 Å². The molecule has 0 aliphatic heterocycles. The Morgan fingerprint density at radius 3 is 2.67 bits per heavy atom. The van der Waals surface area contributed by atoms with E-state index in [2.05, 4.69) is 12.2 Å². The summed E-state index contributed by atoms with van der Waals surface area (Å²) in [6.45, 7) is 2.24. The first-order valence-corrected chi connectivity index (χ1v) is 6.49. The number of nitrogens with one attached hydrogen (secondary N) is 1. The fourth-order valence-electron chi connectivity index (χ4n) is 2.56. The van der Waals surface area contributed by atoms with Crippen molar-refractivity contribution in [3.05, 3.63) is 24.0 Å². The Hall–Kier alpha value is -1.29. The molecule has 4 N–H and O–H groups in total. The molecular formula is C14H21FN2O. The number of hydrogen-bond donors (Lipinski definition) is 3. The molecule has 0 radical (unpaired) electrons. The van der Waals surface area contributed by atoms with E-state index < -0.39 is 0 Å². The smallest absolute Gasteiger partial charge is 0.148 e. The molecule has 1 saturated carbocycles. The largest absolute Gasteiger partial charge is 0.399 e. The monoisotopic (exact) mass is 252 g/mol. The van der Waals surface area contributed by atoms with E-state index in [1.165, 1.54) is 6.07 Å². The van der Waals surface area contributed by atoms with Crippen molar-refractivity contribution in [1.82, 2.24) is 0 Å². The molecule has 1 aliphatic carbocycles. The molecule has 0 atom stereocenters. The number of aliphatic hydroxyl groups excluding tert-OH is 1. The van der Waals surface area contributed by atoms with Crippen molar-refractivity contribution in [3.8, 4) is 0 Å². The number of anilines is 2. The summed E-state index contributed by atoms with van der Waals surface area (Å²) in [5.41, 5.74) is 5.98. The van der Waals surface area contributed by atoms with Crippen molar-refractivity contribution in [2.24, 2.45) is 5.92 Å². The van der Waals surface area contributed by atoms with Crippen LogP contribution in [-0.2, 0) is 0 Å². The van der Waals surface area contributed by atoms with Gasteiger partial charge in [-0.1, -0.05) is 6.92 Å². The van der Waals surface area contributed by atoms with E-state index in [-0.39, 0.29) is 18.0 Å². The Morgan fingerprint density at radius 2 is 2.11 bits per heavy atom. The predicted octanol–water partition coefficient (Wildman–Crippen LogP) is 2.76. The first kappa shape index (κ1) is 13.1. The first-order chi connectivity index (χ1) is 8.54. The molecule has 0 heterocycles. The van der Waals surface area contributed by atoms with Gasteiger partial charge >= 0.3 is 0 Å². The van der Waals surface area contributed by atoms with Crippen LogP contribution in [0.1, 0.15) is 32.6 Å². The lowest BCUT2D eigenvalue weighted by molar-refractivity contribution is 0.155.